The second kappa shape index (κ2) is 4.01. The van der Waals surface area contributed by atoms with Gasteiger partial charge in [-0.25, -0.2) is 0 Å². The Morgan fingerprint density at radius 3 is 2.24 bits per heavy atom. The summed E-state index contributed by atoms with van der Waals surface area (Å²) in [6.45, 7) is 3.51. The smallest absolute Gasteiger partial charge is 0.164 e. The van der Waals surface area contributed by atoms with Gasteiger partial charge < -0.3 is 15.3 Å². The van der Waals surface area contributed by atoms with E-state index in [-0.39, 0.29) is 22.8 Å². The van der Waals surface area contributed by atoms with Gasteiger partial charge >= 0.3 is 0 Å². The molecule has 0 atom stereocenters. The lowest BCUT2D eigenvalue weighted by Crippen LogP contribution is -1.85. The lowest BCUT2D eigenvalue weighted by molar-refractivity contribution is 0.393. The standard InChI is InChI=1S/C14H14O3/c1-8-4-3-5-10(6-8)11-7-12(15)14(17)9(2)13(11)16/h3-7,15-17H,1-2H3. The van der Waals surface area contributed by atoms with Crippen LogP contribution in [-0.2, 0) is 0 Å². The Morgan fingerprint density at radius 1 is 0.882 bits per heavy atom. The first-order chi connectivity index (χ1) is 8.00. The van der Waals surface area contributed by atoms with Crippen LogP contribution in [0.2, 0.25) is 0 Å². The van der Waals surface area contributed by atoms with Gasteiger partial charge in [-0.3, -0.25) is 0 Å². The molecule has 0 aromatic heterocycles. The number of hydrogen-bond acceptors (Lipinski definition) is 3. The first kappa shape index (κ1) is 11.3. The molecule has 2 aromatic rings. The van der Waals surface area contributed by atoms with Gasteiger partial charge in [-0.1, -0.05) is 29.8 Å². The fourth-order valence-corrected chi connectivity index (χ4v) is 1.81. The summed E-state index contributed by atoms with van der Waals surface area (Å²) in [5, 5.41) is 29.1. The summed E-state index contributed by atoms with van der Waals surface area (Å²) in [4.78, 5) is 0. The summed E-state index contributed by atoms with van der Waals surface area (Å²) in [5.41, 5.74) is 2.66. The predicted molar refractivity (Wildman–Crippen MR) is 66.3 cm³/mol. The first-order valence-electron chi connectivity index (χ1n) is 5.32. The minimum Gasteiger partial charge on any atom is -0.507 e. The van der Waals surface area contributed by atoms with E-state index in [1.807, 2.05) is 31.2 Å². The molecule has 88 valence electrons. The van der Waals surface area contributed by atoms with Gasteiger partial charge in [0.05, 0.1) is 0 Å². The van der Waals surface area contributed by atoms with Crippen molar-refractivity contribution in [2.75, 3.05) is 0 Å². The number of aromatic hydroxyl groups is 3. The Labute approximate surface area is 99.6 Å². The van der Waals surface area contributed by atoms with Gasteiger partial charge in [0.2, 0.25) is 0 Å². The molecule has 0 fully saturated rings. The third-order valence-corrected chi connectivity index (χ3v) is 2.82. The van der Waals surface area contributed by atoms with Crippen LogP contribution >= 0.6 is 0 Å². The van der Waals surface area contributed by atoms with E-state index < -0.39 is 0 Å². The van der Waals surface area contributed by atoms with Crippen LogP contribution in [0.1, 0.15) is 11.1 Å². The van der Waals surface area contributed by atoms with Crippen LogP contribution in [-0.4, -0.2) is 15.3 Å². The maximum atomic E-state index is 9.98. The van der Waals surface area contributed by atoms with Gasteiger partial charge in [0.1, 0.15) is 5.75 Å². The van der Waals surface area contributed by atoms with E-state index in [1.165, 1.54) is 6.07 Å². The largest absolute Gasteiger partial charge is 0.507 e. The number of rotatable bonds is 1. The normalized spacial score (nSPS) is 10.5. The lowest BCUT2D eigenvalue weighted by atomic mass is 9.99. The summed E-state index contributed by atoms with van der Waals surface area (Å²) in [6, 6.07) is 8.95. The SMILES string of the molecule is Cc1cccc(-c2cc(O)c(O)c(C)c2O)c1. The summed E-state index contributed by atoms with van der Waals surface area (Å²) < 4.78 is 0. The van der Waals surface area contributed by atoms with E-state index in [2.05, 4.69) is 0 Å². The second-order valence-electron chi connectivity index (χ2n) is 4.13. The Morgan fingerprint density at radius 2 is 1.59 bits per heavy atom. The van der Waals surface area contributed by atoms with Crippen molar-refractivity contribution in [1.29, 1.82) is 0 Å². The fourth-order valence-electron chi connectivity index (χ4n) is 1.81. The van der Waals surface area contributed by atoms with Crippen molar-refractivity contribution in [2.45, 2.75) is 13.8 Å². The summed E-state index contributed by atoms with van der Waals surface area (Å²) >= 11 is 0. The van der Waals surface area contributed by atoms with Gasteiger partial charge in [0, 0.05) is 11.1 Å². The van der Waals surface area contributed by atoms with Crippen LogP contribution in [0.15, 0.2) is 30.3 Å². The third kappa shape index (κ3) is 1.91. The van der Waals surface area contributed by atoms with Gasteiger partial charge in [-0.15, -0.1) is 0 Å². The molecule has 0 saturated heterocycles. The molecule has 0 unspecified atom stereocenters. The molecular formula is C14H14O3. The average Bonchev–Trinajstić information content (AvgIpc) is 2.31. The molecular weight excluding hydrogens is 216 g/mol. The van der Waals surface area contributed by atoms with E-state index in [4.69, 9.17) is 0 Å². The molecule has 0 bridgehead atoms. The summed E-state index contributed by atoms with van der Waals surface area (Å²) in [7, 11) is 0. The number of hydrogen-bond donors (Lipinski definition) is 3. The lowest BCUT2D eigenvalue weighted by Gasteiger charge is -2.11. The average molecular weight is 230 g/mol. The molecule has 0 amide bonds. The molecule has 0 saturated carbocycles. The topological polar surface area (TPSA) is 60.7 Å². The molecule has 3 N–H and O–H groups in total. The molecule has 17 heavy (non-hydrogen) atoms. The second-order valence-corrected chi connectivity index (χ2v) is 4.13. The molecule has 2 aromatic carbocycles. The van der Waals surface area contributed by atoms with Crippen molar-refractivity contribution < 1.29 is 15.3 Å². The zero-order chi connectivity index (χ0) is 12.6. The number of phenols is 3. The Hall–Kier alpha value is -2.16. The summed E-state index contributed by atoms with van der Waals surface area (Å²) in [6.07, 6.45) is 0. The van der Waals surface area contributed by atoms with E-state index in [9.17, 15) is 15.3 Å². The highest BCUT2D eigenvalue weighted by molar-refractivity contribution is 5.76. The molecule has 0 radical (unpaired) electrons. The highest BCUT2D eigenvalue weighted by Crippen LogP contribution is 2.42. The molecule has 0 aliphatic heterocycles. The highest BCUT2D eigenvalue weighted by Gasteiger charge is 2.14. The van der Waals surface area contributed by atoms with E-state index in [1.54, 1.807) is 6.92 Å². The first-order valence-corrected chi connectivity index (χ1v) is 5.32. The molecule has 2 rings (SSSR count). The number of benzene rings is 2. The van der Waals surface area contributed by atoms with Gasteiger partial charge in [-0.2, -0.15) is 0 Å². The van der Waals surface area contributed by atoms with Crippen LogP contribution < -0.4 is 0 Å². The predicted octanol–water partition coefficient (Wildman–Crippen LogP) is 3.09. The molecule has 0 aliphatic carbocycles. The van der Waals surface area contributed by atoms with Crippen LogP contribution in [0.5, 0.6) is 17.2 Å². The van der Waals surface area contributed by atoms with Crippen LogP contribution in [0.25, 0.3) is 11.1 Å². The van der Waals surface area contributed by atoms with E-state index in [0.29, 0.717) is 5.56 Å². The van der Waals surface area contributed by atoms with Gasteiger partial charge in [0.25, 0.3) is 0 Å². The van der Waals surface area contributed by atoms with Crippen LogP contribution in [0.3, 0.4) is 0 Å². The Kier molecular flexibility index (Phi) is 2.68. The van der Waals surface area contributed by atoms with Crippen molar-refractivity contribution in [3.63, 3.8) is 0 Å². The third-order valence-electron chi connectivity index (χ3n) is 2.82. The molecule has 3 nitrogen and oxygen atoms in total. The highest BCUT2D eigenvalue weighted by atomic mass is 16.3. The van der Waals surface area contributed by atoms with Crippen molar-refractivity contribution >= 4 is 0 Å². The Bertz CT molecular complexity index is 574. The molecule has 0 aliphatic rings. The van der Waals surface area contributed by atoms with E-state index >= 15 is 0 Å². The maximum Gasteiger partial charge on any atom is 0.164 e. The van der Waals surface area contributed by atoms with Crippen molar-refractivity contribution in [1.82, 2.24) is 0 Å². The maximum absolute atomic E-state index is 9.98. The van der Waals surface area contributed by atoms with Crippen LogP contribution in [0, 0.1) is 13.8 Å². The Balaban J connectivity index is 2.68. The molecule has 3 heteroatoms. The van der Waals surface area contributed by atoms with Crippen molar-refractivity contribution in [3.05, 3.63) is 41.5 Å². The van der Waals surface area contributed by atoms with Crippen molar-refractivity contribution in [3.8, 4) is 28.4 Å². The fraction of sp³-hybridized carbons (Fsp3) is 0.143. The van der Waals surface area contributed by atoms with Crippen molar-refractivity contribution in [2.24, 2.45) is 0 Å². The zero-order valence-electron chi connectivity index (χ0n) is 9.73. The zero-order valence-corrected chi connectivity index (χ0v) is 9.73. The molecule has 0 spiro atoms. The minimum atomic E-state index is -0.279. The minimum absolute atomic E-state index is 0.00843. The summed E-state index contributed by atoms with van der Waals surface area (Å²) in [5.74, 6) is -0.512. The number of aryl methyl sites for hydroxylation is 1. The van der Waals surface area contributed by atoms with Gasteiger partial charge in [-0.05, 0) is 25.5 Å². The monoisotopic (exact) mass is 230 g/mol. The van der Waals surface area contributed by atoms with E-state index in [0.717, 1.165) is 11.1 Å². The van der Waals surface area contributed by atoms with Gasteiger partial charge in [0.15, 0.2) is 11.5 Å². The van der Waals surface area contributed by atoms with Crippen LogP contribution in [0.4, 0.5) is 0 Å². The quantitative estimate of drug-likeness (QED) is 0.521. The number of phenolic OH excluding ortho intramolecular Hbond substituents is 3. The molecule has 0 heterocycles.